The molecule has 0 unspecified atom stereocenters. The number of carboxylic acids is 1. The van der Waals surface area contributed by atoms with Crippen LogP contribution in [0, 0.1) is 5.92 Å². The molecule has 1 rings (SSSR count). The van der Waals surface area contributed by atoms with E-state index in [2.05, 4.69) is 10.6 Å². The van der Waals surface area contributed by atoms with Crippen LogP contribution in [0.2, 0.25) is 0 Å². The summed E-state index contributed by atoms with van der Waals surface area (Å²) in [5.74, 6) is -3.17. The van der Waals surface area contributed by atoms with E-state index in [1.54, 1.807) is 6.92 Å². The third kappa shape index (κ3) is 5.05. The number of hydrogen-bond donors (Lipinski definition) is 3. The van der Waals surface area contributed by atoms with Crippen LogP contribution in [0.3, 0.4) is 0 Å². The van der Waals surface area contributed by atoms with E-state index in [0.717, 1.165) is 0 Å². The molecular weight excluding hydrogens is 280 g/mol. The minimum atomic E-state index is -1.23. The van der Waals surface area contributed by atoms with Gasteiger partial charge in [0.1, 0.15) is 12.1 Å². The monoisotopic (exact) mass is 300 g/mol. The molecule has 8 heteroatoms. The molecule has 21 heavy (non-hydrogen) atoms. The number of amides is 2. The number of carbonyl (C=O) groups is 4. The van der Waals surface area contributed by atoms with E-state index in [1.165, 1.54) is 6.92 Å². The second kappa shape index (κ2) is 7.61. The molecular formula is C13H20N2O6. The SMILES string of the molecule is CCOC(=O)[C@@H](C)C[C@H](NC(=O)[C@H]1CCC(=O)N1)C(=O)O. The minimum Gasteiger partial charge on any atom is -0.480 e. The highest BCUT2D eigenvalue weighted by atomic mass is 16.5. The van der Waals surface area contributed by atoms with E-state index in [0.29, 0.717) is 6.42 Å². The first kappa shape index (κ1) is 16.9. The highest BCUT2D eigenvalue weighted by Crippen LogP contribution is 2.11. The maximum Gasteiger partial charge on any atom is 0.326 e. The van der Waals surface area contributed by atoms with Crippen LogP contribution in [0.25, 0.3) is 0 Å². The van der Waals surface area contributed by atoms with Gasteiger partial charge in [0.15, 0.2) is 0 Å². The summed E-state index contributed by atoms with van der Waals surface area (Å²) in [5.41, 5.74) is 0. The molecule has 0 saturated carbocycles. The van der Waals surface area contributed by atoms with Gasteiger partial charge in [-0.05, 0) is 19.8 Å². The summed E-state index contributed by atoms with van der Waals surface area (Å²) in [6.45, 7) is 3.41. The summed E-state index contributed by atoms with van der Waals surface area (Å²) in [7, 11) is 0. The van der Waals surface area contributed by atoms with Crippen LogP contribution in [0.15, 0.2) is 0 Å². The standard InChI is InChI=1S/C13H20N2O6/c1-3-21-13(20)7(2)6-9(12(18)19)15-11(17)8-4-5-10(16)14-8/h7-9H,3-6H2,1-2H3,(H,14,16)(H,15,17)(H,18,19)/t7-,8+,9-/m0/s1. The van der Waals surface area contributed by atoms with Crippen LogP contribution in [0.1, 0.15) is 33.1 Å². The lowest BCUT2D eigenvalue weighted by atomic mass is 10.0. The Morgan fingerprint density at radius 2 is 2.14 bits per heavy atom. The van der Waals surface area contributed by atoms with Crippen molar-refractivity contribution < 1.29 is 29.0 Å². The zero-order chi connectivity index (χ0) is 16.0. The Labute approximate surface area is 122 Å². The van der Waals surface area contributed by atoms with Crippen LogP contribution in [0.4, 0.5) is 0 Å². The maximum absolute atomic E-state index is 11.9. The lowest BCUT2D eigenvalue weighted by Gasteiger charge is -2.19. The van der Waals surface area contributed by atoms with E-state index in [4.69, 9.17) is 9.84 Å². The van der Waals surface area contributed by atoms with Crippen LogP contribution in [0.5, 0.6) is 0 Å². The molecule has 8 nitrogen and oxygen atoms in total. The Balaban J connectivity index is 2.57. The zero-order valence-corrected chi connectivity index (χ0v) is 12.0. The number of ether oxygens (including phenoxy) is 1. The molecule has 0 aromatic rings. The van der Waals surface area contributed by atoms with Crippen LogP contribution < -0.4 is 10.6 Å². The zero-order valence-electron chi connectivity index (χ0n) is 12.0. The molecule has 3 N–H and O–H groups in total. The maximum atomic E-state index is 11.9. The van der Waals surface area contributed by atoms with Crippen molar-refractivity contribution >= 4 is 23.8 Å². The lowest BCUT2D eigenvalue weighted by molar-refractivity contribution is -0.149. The molecule has 1 fully saturated rings. The van der Waals surface area contributed by atoms with Gasteiger partial charge in [0.2, 0.25) is 11.8 Å². The topological polar surface area (TPSA) is 122 Å². The average Bonchev–Trinajstić information content (AvgIpc) is 2.84. The van der Waals surface area contributed by atoms with Crippen molar-refractivity contribution in [1.29, 1.82) is 0 Å². The third-order valence-electron chi connectivity index (χ3n) is 3.20. The number of hydrogen-bond acceptors (Lipinski definition) is 5. The second-order valence-electron chi connectivity index (χ2n) is 4.95. The van der Waals surface area contributed by atoms with E-state index in [-0.39, 0.29) is 25.4 Å². The van der Waals surface area contributed by atoms with Gasteiger partial charge in [-0.3, -0.25) is 14.4 Å². The molecule has 3 atom stereocenters. The summed E-state index contributed by atoms with van der Waals surface area (Å²) < 4.78 is 4.80. The van der Waals surface area contributed by atoms with Gasteiger partial charge in [0.05, 0.1) is 12.5 Å². The Kier molecular flexibility index (Phi) is 6.13. The first-order valence-electron chi connectivity index (χ1n) is 6.84. The normalized spacial score (nSPS) is 20.3. The first-order valence-corrected chi connectivity index (χ1v) is 6.84. The molecule has 1 aliphatic rings. The van der Waals surface area contributed by atoms with Gasteiger partial charge in [-0.25, -0.2) is 4.79 Å². The van der Waals surface area contributed by atoms with Crippen LogP contribution in [-0.4, -0.2) is 47.6 Å². The predicted molar refractivity (Wildman–Crippen MR) is 71.1 cm³/mol. The van der Waals surface area contributed by atoms with E-state index in [1.807, 2.05) is 0 Å². The van der Waals surface area contributed by atoms with Crippen LogP contribution >= 0.6 is 0 Å². The smallest absolute Gasteiger partial charge is 0.326 e. The Morgan fingerprint density at radius 1 is 1.48 bits per heavy atom. The van der Waals surface area contributed by atoms with Crippen molar-refractivity contribution in [2.75, 3.05) is 6.61 Å². The molecule has 2 amide bonds. The fourth-order valence-electron chi connectivity index (χ4n) is 2.04. The number of nitrogens with one attached hydrogen (secondary N) is 2. The van der Waals surface area contributed by atoms with Gasteiger partial charge >= 0.3 is 11.9 Å². The number of carboxylic acid groups (broad SMARTS) is 1. The summed E-state index contributed by atoms with van der Waals surface area (Å²) in [5, 5.41) is 13.9. The van der Waals surface area contributed by atoms with E-state index < -0.39 is 35.8 Å². The molecule has 1 heterocycles. The predicted octanol–water partition coefficient (Wildman–Crippen LogP) is -0.576. The Bertz CT molecular complexity index is 436. The summed E-state index contributed by atoms with van der Waals surface area (Å²) in [4.78, 5) is 45.6. The number of esters is 1. The number of aliphatic carboxylic acids is 1. The van der Waals surface area contributed by atoms with Crippen molar-refractivity contribution in [3.63, 3.8) is 0 Å². The number of rotatable bonds is 7. The Hall–Kier alpha value is -2.12. The molecule has 0 spiro atoms. The van der Waals surface area contributed by atoms with Gasteiger partial charge in [-0.15, -0.1) is 0 Å². The van der Waals surface area contributed by atoms with Crippen LogP contribution in [-0.2, 0) is 23.9 Å². The second-order valence-corrected chi connectivity index (χ2v) is 4.95. The van der Waals surface area contributed by atoms with Gasteiger partial charge in [-0.1, -0.05) is 6.92 Å². The van der Waals surface area contributed by atoms with E-state index in [9.17, 15) is 19.2 Å². The van der Waals surface area contributed by atoms with Crippen molar-refractivity contribution in [3.05, 3.63) is 0 Å². The molecule has 1 saturated heterocycles. The minimum absolute atomic E-state index is 0.0689. The van der Waals surface area contributed by atoms with Crippen molar-refractivity contribution in [2.24, 2.45) is 5.92 Å². The highest BCUT2D eigenvalue weighted by Gasteiger charge is 2.32. The van der Waals surface area contributed by atoms with Crippen molar-refractivity contribution in [2.45, 2.75) is 45.2 Å². The van der Waals surface area contributed by atoms with Gasteiger partial charge in [0.25, 0.3) is 0 Å². The van der Waals surface area contributed by atoms with Gasteiger partial charge in [-0.2, -0.15) is 0 Å². The number of carbonyl (C=O) groups excluding carboxylic acids is 3. The van der Waals surface area contributed by atoms with Crippen molar-refractivity contribution in [1.82, 2.24) is 10.6 Å². The summed E-state index contributed by atoms with van der Waals surface area (Å²) in [6.07, 6.45) is 0.514. The van der Waals surface area contributed by atoms with Crippen molar-refractivity contribution in [3.8, 4) is 0 Å². The first-order chi connectivity index (χ1) is 9.85. The Morgan fingerprint density at radius 3 is 2.62 bits per heavy atom. The molecule has 0 bridgehead atoms. The molecule has 0 aliphatic carbocycles. The largest absolute Gasteiger partial charge is 0.480 e. The fourth-order valence-corrected chi connectivity index (χ4v) is 2.04. The summed E-state index contributed by atoms with van der Waals surface area (Å²) >= 11 is 0. The third-order valence-corrected chi connectivity index (χ3v) is 3.20. The highest BCUT2D eigenvalue weighted by molar-refractivity contribution is 5.92. The average molecular weight is 300 g/mol. The quantitative estimate of drug-likeness (QED) is 0.541. The van der Waals surface area contributed by atoms with Gasteiger partial charge in [0, 0.05) is 6.42 Å². The lowest BCUT2D eigenvalue weighted by Crippen LogP contribution is -2.49. The fraction of sp³-hybridized carbons (Fsp3) is 0.692. The molecule has 0 radical (unpaired) electrons. The molecule has 0 aromatic carbocycles. The molecule has 118 valence electrons. The van der Waals surface area contributed by atoms with Gasteiger partial charge < -0.3 is 20.5 Å². The van der Waals surface area contributed by atoms with E-state index >= 15 is 0 Å². The molecule has 0 aromatic heterocycles. The molecule has 1 aliphatic heterocycles. The summed E-state index contributed by atoms with van der Waals surface area (Å²) in [6, 6.07) is -1.91.